The van der Waals surface area contributed by atoms with E-state index in [9.17, 15) is 14.0 Å². The Bertz CT molecular complexity index is 1760. The molecule has 4 heterocycles. The molecule has 6 rings (SSSR count). The quantitative estimate of drug-likeness (QED) is 0.247. The zero-order chi connectivity index (χ0) is 31.8. The molecule has 0 unspecified atom stereocenters. The minimum Gasteiger partial charge on any atom is -0.444 e. The molecule has 2 fully saturated rings. The summed E-state index contributed by atoms with van der Waals surface area (Å²) >= 11 is 6.06. The molecule has 234 valence electrons. The van der Waals surface area contributed by atoms with Crippen molar-refractivity contribution in [2.24, 2.45) is 5.41 Å². The summed E-state index contributed by atoms with van der Waals surface area (Å²) in [5, 5.41) is 12.6. The van der Waals surface area contributed by atoms with Gasteiger partial charge in [0.25, 0.3) is 0 Å². The molecule has 0 aliphatic carbocycles. The summed E-state index contributed by atoms with van der Waals surface area (Å²) < 4.78 is 25.7. The van der Waals surface area contributed by atoms with Crippen molar-refractivity contribution in [3.05, 3.63) is 71.8 Å². The summed E-state index contributed by atoms with van der Waals surface area (Å²) in [6.45, 7) is 8.00. The number of hydrogen-bond acceptors (Lipinski definition) is 8. The highest BCUT2D eigenvalue weighted by Gasteiger charge is 2.43. The minimum atomic E-state index is -0.530. The Morgan fingerprint density at radius 2 is 1.73 bits per heavy atom. The van der Waals surface area contributed by atoms with Crippen molar-refractivity contribution in [3.63, 3.8) is 0 Å². The average molecular weight is 633 g/mol. The Morgan fingerprint density at radius 1 is 0.978 bits per heavy atom. The Hall–Kier alpha value is -4.51. The lowest BCUT2D eigenvalue weighted by Gasteiger charge is -2.39. The summed E-state index contributed by atoms with van der Waals surface area (Å²) in [7, 11) is 0. The van der Waals surface area contributed by atoms with Crippen LogP contribution in [0.1, 0.15) is 40.0 Å². The van der Waals surface area contributed by atoms with Crippen LogP contribution in [0.3, 0.4) is 0 Å². The van der Waals surface area contributed by atoms with Gasteiger partial charge in [-0.1, -0.05) is 11.6 Å². The predicted molar refractivity (Wildman–Crippen MR) is 169 cm³/mol. The summed E-state index contributed by atoms with van der Waals surface area (Å²) in [5.74, 6) is -0.0582. The Labute approximate surface area is 265 Å². The predicted octanol–water partition coefficient (Wildman–Crippen LogP) is 7.45. The van der Waals surface area contributed by atoms with E-state index in [-0.39, 0.29) is 17.1 Å². The monoisotopic (exact) mass is 632 g/mol. The first-order chi connectivity index (χ1) is 21.5. The number of amides is 2. The molecule has 2 saturated heterocycles. The van der Waals surface area contributed by atoms with Crippen LogP contribution in [-0.2, 0) is 4.74 Å². The fraction of sp³-hybridized carbons (Fsp3) is 0.364. The van der Waals surface area contributed by atoms with E-state index >= 15 is 0 Å². The van der Waals surface area contributed by atoms with Gasteiger partial charge in [0.2, 0.25) is 0 Å². The number of benzene rings is 2. The van der Waals surface area contributed by atoms with Gasteiger partial charge in [-0.05, 0) is 87.9 Å². The van der Waals surface area contributed by atoms with Crippen LogP contribution >= 0.6 is 11.6 Å². The summed E-state index contributed by atoms with van der Waals surface area (Å²) in [6.07, 6.45) is 4.99. The molecule has 0 bridgehead atoms. The zero-order valence-electron chi connectivity index (χ0n) is 25.3. The standard InChI is InChI=1S/C33H34ClFN6O4/c1-32(2,3)45-31(43)40-13-9-33(10-14-40)11-15-41(20-33)30(42)44-23-5-6-24-27(8-12-36-28(24)18-23)38-22-17-29(39-37-19-22)25-16-21(34)4-7-26(25)35/h4-8,12,16-19H,9-11,13-15,20H2,1-3H3,(H,36,38,39). The van der Waals surface area contributed by atoms with Crippen molar-refractivity contribution in [2.75, 3.05) is 31.5 Å². The number of nitrogens with zero attached hydrogens (tertiary/aromatic N) is 5. The highest BCUT2D eigenvalue weighted by molar-refractivity contribution is 6.30. The number of carbonyl (C=O) groups is 2. The molecule has 2 aromatic heterocycles. The molecule has 0 atom stereocenters. The van der Waals surface area contributed by atoms with Gasteiger partial charge in [-0.25, -0.2) is 14.0 Å². The van der Waals surface area contributed by atoms with Crippen LogP contribution in [0.4, 0.5) is 25.4 Å². The van der Waals surface area contributed by atoms with E-state index in [1.807, 2.05) is 32.9 Å². The summed E-state index contributed by atoms with van der Waals surface area (Å²) in [4.78, 5) is 33.6. The van der Waals surface area contributed by atoms with E-state index < -0.39 is 17.5 Å². The van der Waals surface area contributed by atoms with E-state index in [2.05, 4.69) is 20.5 Å². The van der Waals surface area contributed by atoms with Gasteiger partial charge in [0, 0.05) is 60.1 Å². The number of likely N-dealkylation sites (tertiary alicyclic amines) is 2. The maximum atomic E-state index is 14.4. The van der Waals surface area contributed by atoms with E-state index in [1.54, 1.807) is 40.4 Å². The number of nitrogens with one attached hydrogen (secondary N) is 1. The van der Waals surface area contributed by atoms with Gasteiger partial charge < -0.3 is 24.6 Å². The lowest BCUT2D eigenvalue weighted by Crippen LogP contribution is -2.46. The highest BCUT2D eigenvalue weighted by atomic mass is 35.5. The van der Waals surface area contributed by atoms with Crippen LogP contribution in [0.15, 0.2) is 60.9 Å². The number of anilines is 2. The van der Waals surface area contributed by atoms with Crippen molar-refractivity contribution in [3.8, 4) is 17.0 Å². The van der Waals surface area contributed by atoms with E-state index in [0.29, 0.717) is 53.8 Å². The normalized spacial score (nSPS) is 16.2. The third-order valence-electron chi connectivity index (χ3n) is 8.23. The Balaban J connectivity index is 1.10. The Morgan fingerprint density at radius 3 is 2.49 bits per heavy atom. The lowest BCUT2D eigenvalue weighted by atomic mass is 9.78. The van der Waals surface area contributed by atoms with Gasteiger partial charge in [0.05, 0.1) is 23.1 Å². The number of hydrogen-bond donors (Lipinski definition) is 1. The van der Waals surface area contributed by atoms with Crippen LogP contribution in [0.25, 0.3) is 22.2 Å². The number of pyridine rings is 1. The molecule has 0 saturated carbocycles. The Kier molecular flexibility index (Phi) is 8.22. The molecule has 1 spiro atoms. The third kappa shape index (κ3) is 6.93. The zero-order valence-corrected chi connectivity index (χ0v) is 26.1. The molecule has 12 heteroatoms. The molecule has 4 aromatic rings. The van der Waals surface area contributed by atoms with Gasteiger partial charge in [0.15, 0.2) is 0 Å². The third-order valence-corrected chi connectivity index (χ3v) is 8.46. The summed E-state index contributed by atoms with van der Waals surface area (Å²) in [5.41, 5.74) is 2.00. The number of fused-ring (bicyclic) bond motifs is 1. The molecule has 2 aromatic carbocycles. The number of halogens is 2. The van der Waals surface area contributed by atoms with Crippen LogP contribution in [0, 0.1) is 11.2 Å². The van der Waals surface area contributed by atoms with E-state index in [4.69, 9.17) is 21.1 Å². The molecule has 10 nitrogen and oxygen atoms in total. The van der Waals surface area contributed by atoms with Crippen molar-refractivity contribution < 1.29 is 23.5 Å². The number of aromatic nitrogens is 3. The maximum Gasteiger partial charge on any atom is 0.415 e. The topological polar surface area (TPSA) is 110 Å². The van der Waals surface area contributed by atoms with Crippen molar-refractivity contribution in [2.45, 2.75) is 45.6 Å². The molecule has 1 N–H and O–H groups in total. The van der Waals surface area contributed by atoms with Crippen LogP contribution in [0.2, 0.25) is 5.02 Å². The minimum absolute atomic E-state index is 0.0245. The highest BCUT2D eigenvalue weighted by Crippen LogP contribution is 2.41. The molecule has 45 heavy (non-hydrogen) atoms. The lowest BCUT2D eigenvalue weighted by molar-refractivity contribution is 0.0110. The second-order valence-electron chi connectivity index (χ2n) is 12.6. The molecule has 0 radical (unpaired) electrons. The van der Waals surface area contributed by atoms with Crippen molar-refractivity contribution >= 4 is 46.1 Å². The number of rotatable bonds is 4. The van der Waals surface area contributed by atoms with Gasteiger partial charge in [-0.15, -0.1) is 0 Å². The first-order valence-electron chi connectivity index (χ1n) is 14.9. The van der Waals surface area contributed by atoms with Crippen LogP contribution < -0.4 is 10.1 Å². The summed E-state index contributed by atoms with van der Waals surface area (Å²) in [6, 6.07) is 13.1. The van der Waals surface area contributed by atoms with E-state index in [0.717, 1.165) is 30.3 Å². The second-order valence-corrected chi connectivity index (χ2v) is 13.1. The van der Waals surface area contributed by atoms with Crippen LogP contribution in [-0.4, -0.2) is 68.9 Å². The SMILES string of the molecule is CC(C)(C)OC(=O)N1CCC2(CCN(C(=O)Oc3ccc4c(Nc5cnnc(-c6cc(Cl)ccc6F)c5)ccnc4c3)C2)CC1. The average Bonchev–Trinajstić information content (AvgIpc) is 3.41. The van der Waals surface area contributed by atoms with Crippen LogP contribution in [0.5, 0.6) is 5.75 Å². The first-order valence-corrected chi connectivity index (χ1v) is 15.2. The van der Waals surface area contributed by atoms with Gasteiger partial charge in [0.1, 0.15) is 17.2 Å². The molecule has 2 amide bonds. The fourth-order valence-corrected chi connectivity index (χ4v) is 6.04. The van der Waals surface area contributed by atoms with E-state index in [1.165, 1.54) is 18.2 Å². The molecular weight excluding hydrogens is 599 g/mol. The maximum absolute atomic E-state index is 14.4. The van der Waals surface area contributed by atoms with Crippen molar-refractivity contribution in [1.82, 2.24) is 25.0 Å². The number of carbonyl (C=O) groups excluding carboxylic acids is 2. The molecular formula is C33H34ClFN6O4. The second kappa shape index (κ2) is 12.1. The van der Waals surface area contributed by atoms with Crippen molar-refractivity contribution in [1.29, 1.82) is 0 Å². The van der Waals surface area contributed by atoms with Gasteiger partial charge >= 0.3 is 12.2 Å². The number of piperidine rings is 1. The fourth-order valence-electron chi connectivity index (χ4n) is 5.87. The smallest absolute Gasteiger partial charge is 0.415 e. The number of ether oxygens (including phenoxy) is 2. The van der Waals surface area contributed by atoms with Gasteiger partial charge in [-0.2, -0.15) is 10.2 Å². The van der Waals surface area contributed by atoms with Gasteiger partial charge in [-0.3, -0.25) is 4.98 Å². The first kappa shape index (κ1) is 30.5. The molecule has 2 aliphatic rings. The largest absolute Gasteiger partial charge is 0.444 e. The molecule has 2 aliphatic heterocycles.